The lowest BCUT2D eigenvalue weighted by molar-refractivity contribution is -0.145. The number of piperidine rings is 1. The van der Waals surface area contributed by atoms with Crippen molar-refractivity contribution in [1.82, 2.24) is 4.90 Å². The minimum Gasteiger partial charge on any atom is -0.506 e. The van der Waals surface area contributed by atoms with Crippen molar-refractivity contribution < 1.29 is 14.7 Å². The molecule has 20 heavy (non-hydrogen) atoms. The average Bonchev–Trinajstić information content (AvgIpc) is 2.42. The fourth-order valence-electron chi connectivity index (χ4n) is 2.46. The number of nitrogens with zero attached hydrogens (tertiary/aromatic N) is 1. The number of carbonyl (C=O) groups is 2. The third-order valence-corrected chi connectivity index (χ3v) is 3.66. The van der Waals surface area contributed by atoms with Gasteiger partial charge in [-0.25, -0.2) is 0 Å². The van der Waals surface area contributed by atoms with E-state index in [2.05, 4.69) is 5.32 Å². The van der Waals surface area contributed by atoms with Gasteiger partial charge in [0.2, 0.25) is 0 Å². The molecule has 1 atom stereocenters. The molecular formula is C15H20N2O3. The number of nitrogens with one attached hydrogen (secondary N) is 1. The van der Waals surface area contributed by atoms with Crippen LogP contribution in [-0.4, -0.2) is 34.4 Å². The number of benzene rings is 1. The first-order valence-corrected chi connectivity index (χ1v) is 6.90. The van der Waals surface area contributed by atoms with Gasteiger partial charge in [-0.3, -0.25) is 9.59 Å². The minimum atomic E-state index is -0.695. The zero-order chi connectivity index (χ0) is 14.7. The van der Waals surface area contributed by atoms with Crippen molar-refractivity contribution in [2.75, 3.05) is 11.9 Å². The van der Waals surface area contributed by atoms with Crippen LogP contribution in [0.5, 0.6) is 5.75 Å². The lowest BCUT2D eigenvalue weighted by atomic mass is 10.0. The highest BCUT2D eigenvalue weighted by atomic mass is 16.3. The Bertz CT molecular complexity index is 528. The van der Waals surface area contributed by atoms with Gasteiger partial charge in [0.15, 0.2) is 0 Å². The fraction of sp³-hybridized carbons (Fsp3) is 0.467. The first kappa shape index (κ1) is 14.4. The molecule has 108 valence electrons. The van der Waals surface area contributed by atoms with Crippen LogP contribution in [0.3, 0.4) is 0 Å². The number of aromatic hydroxyl groups is 1. The topological polar surface area (TPSA) is 69.6 Å². The number of anilines is 1. The molecule has 1 aliphatic heterocycles. The summed E-state index contributed by atoms with van der Waals surface area (Å²) in [5.41, 5.74) is 1.17. The Morgan fingerprint density at radius 3 is 2.80 bits per heavy atom. The van der Waals surface area contributed by atoms with Gasteiger partial charge in [-0.2, -0.15) is 0 Å². The quantitative estimate of drug-likeness (QED) is 0.609. The maximum Gasteiger partial charge on any atom is 0.314 e. The van der Waals surface area contributed by atoms with Crippen LogP contribution in [0.25, 0.3) is 0 Å². The van der Waals surface area contributed by atoms with Gasteiger partial charge in [0.05, 0.1) is 5.69 Å². The number of likely N-dealkylation sites (tertiary alicyclic amines) is 1. The fourth-order valence-corrected chi connectivity index (χ4v) is 2.46. The van der Waals surface area contributed by atoms with E-state index in [1.165, 1.54) is 6.07 Å². The van der Waals surface area contributed by atoms with E-state index < -0.39 is 11.8 Å². The molecule has 1 aromatic rings. The summed E-state index contributed by atoms with van der Waals surface area (Å²) in [6, 6.07) is 4.96. The second kappa shape index (κ2) is 5.94. The Morgan fingerprint density at radius 1 is 1.35 bits per heavy atom. The predicted molar refractivity (Wildman–Crippen MR) is 76.5 cm³/mol. The second-order valence-electron chi connectivity index (χ2n) is 5.32. The van der Waals surface area contributed by atoms with E-state index in [-0.39, 0.29) is 17.5 Å². The monoisotopic (exact) mass is 276 g/mol. The molecule has 0 bridgehead atoms. The third kappa shape index (κ3) is 3.10. The summed E-state index contributed by atoms with van der Waals surface area (Å²) in [7, 11) is 0. The highest BCUT2D eigenvalue weighted by Crippen LogP contribution is 2.24. The number of carbonyl (C=O) groups excluding carboxylic acids is 2. The molecule has 1 aromatic carbocycles. The summed E-state index contributed by atoms with van der Waals surface area (Å²) in [6.45, 7) is 4.42. The molecule has 5 nitrogen and oxygen atoms in total. The van der Waals surface area contributed by atoms with Crippen LogP contribution in [0, 0.1) is 6.92 Å². The highest BCUT2D eigenvalue weighted by molar-refractivity contribution is 6.39. The van der Waals surface area contributed by atoms with Crippen molar-refractivity contribution in [3.05, 3.63) is 23.8 Å². The lowest BCUT2D eigenvalue weighted by Gasteiger charge is -2.32. The first-order valence-electron chi connectivity index (χ1n) is 6.90. The van der Waals surface area contributed by atoms with E-state index in [9.17, 15) is 14.7 Å². The van der Waals surface area contributed by atoms with E-state index >= 15 is 0 Å². The third-order valence-electron chi connectivity index (χ3n) is 3.66. The summed E-state index contributed by atoms with van der Waals surface area (Å²) in [5.74, 6) is -1.26. The molecule has 0 spiro atoms. The van der Waals surface area contributed by atoms with Gasteiger partial charge in [0.25, 0.3) is 0 Å². The number of hydrogen-bond donors (Lipinski definition) is 2. The number of rotatable bonds is 1. The Labute approximate surface area is 118 Å². The normalized spacial score (nSPS) is 18.7. The lowest BCUT2D eigenvalue weighted by Crippen LogP contribution is -2.47. The van der Waals surface area contributed by atoms with Crippen molar-refractivity contribution in [3.63, 3.8) is 0 Å². The smallest absolute Gasteiger partial charge is 0.314 e. The summed E-state index contributed by atoms with van der Waals surface area (Å²) >= 11 is 0. The van der Waals surface area contributed by atoms with E-state index in [4.69, 9.17) is 0 Å². The van der Waals surface area contributed by atoms with Crippen molar-refractivity contribution in [1.29, 1.82) is 0 Å². The molecule has 1 fully saturated rings. The number of amides is 2. The van der Waals surface area contributed by atoms with Crippen LogP contribution in [0.4, 0.5) is 5.69 Å². The maximum absolute atomic E-state index is 12.1. The van der Waals surface area contributed by atoms with Gasteiger partial charge in [0.1, 0.15) is 5.75 Å². The van der Waals surface area contributed by atoms with Crippen molar-refractivity contribution in [2.24, 2.45) is 0 Å². The molecule has 0 saturated carbocycles. The summed E-state index contributed by atoms with van der Waals surface area (Å²) in [6.07, 6.45) is 2.94. The van der Waals surface area contributed by atoms with Crippen LogP contribution < -0.4 is 5.32 Å². The molecule has 0 aromatic heterocycles. The molecule has 1 saturated heterocycles. The zero-order valence-corrected chi connectivity index (χ0v) is 11.8. The van der Waals surface area contributed by atoms with Crippen LogP contribution in [0.1, 0.15) is 31.7 Å². The van der Waals surface area contributed by atoms with Crippen LogP contribution in [0.15, 0.2) is 18.2 Å². The Morgan fingerprint density at radius 2 is 2.10 bits per heavy atom. The Balaban J connectivity index is 2.07. The Hall–Kier alpha value is -2.04. The van der Waals surface area contributed by atoms with E-state index in [0.29, 0.717) is 6.54 Å². The van der Waals surface area contributed by atoms with Crippen LogP contribution in [0.2, 0.25) is 0 Å². The summed E-state index contributed by atoms with van der Waals surface area (Å²) < 4.78 is 0. The van der Waals surface area contributed by atoms with Gasteiger partial charge in [-0.05, 0) is 50.8 Å². The molecule has 0 aliphatic carbocycles. The van der Waals surface area contributed by atoms with Gasteiger partial charge in [-0.1, -0.05) is 6.07 Å². The van der Waals surface area contributed by atoms with Crippen molar-refractivity contribution >= 4 is 17.5 Å². The maximum atomic E-state index is 12.1. The van der Waals surface area contributed by atoms with E-state index in [1.807, 2.05) is 13.8 Å². The number of phenols is 1. The van der Waals surface area contributed by atoms with Gasteiger partial charge in [-0.15, -0.1) is 0 Å². The molecule has 1 unspecified atom stereocenters. The van der Waals surface area contributed by atoms with Gasteiger partial charge in [0, 0.05) is 12.6 Å². The second-order valence-corrected chi connectivity index (χ2v) is 5.32. The van der Waals surface area contributed by atoms with Crippen molar-refractivity contribution in [2.45, 2.75) is 39.2 Å². The molecule has 1 heterocycles. The van der Waals surface area contributed by atoms with E-state index in [0.717, 1.165) is 24.8 Å². The van der Waals surface area contributed by atoms with Crippen LogP contribution >= 0.6 is 0 Å². The first-order chi connectivity index (χ1) is 9.49. The molecular weight excluding hydrogens is 256 g/mol. The largest absolute Gasteiger partial charge is 0.506 e. The number of aryl methyl sites for hydroxylation is 1. The molecule has 2 N–H and O–H groups in total. The number of phenolic OH excluding ortho intramolecular Hbond substituents is 1. The summed E-state index contributed by atoms with van der Waals surface area (Å²) in [5, 5.41) is 12.2. The summed E-state index contributed by atoms with van der Waals surface area (Å²) in [4.78, 5) is 25.8. The average molecular weight is 276 g/mol. The SMILES string of the molecule is Cc1ccc(O)c(NC(=O)C(=O)N2CCCCC2C)c1. The van der Waals surface area contributed by atoms with Crippen molar-refractivity contribution in [3.8, 4) is 5.75 Å². The molecule has 2 amide bonds. The standard InChI is InChI=1S/C15H20N2O3/c1-10-6-7-13(18)12(9-10)16-14(19)15(20)17-8-4-3-5-11(17)2/h6-7,9,11,18H,3-5,8H2,1-2H3,(H,16,19). The number of hydrogen-bond acceptors (Lipinski definition) is 3. The molecule has 0 radical (unpaired) electrons. The Kier molecular flexibility index (Phi) is 4.27. The minimum absolute atomic E-state index is 0.0385. The van der Waals surface area contributed by atoms with Crippen LogP contribution in [-0.2, 0) is 9.59 Å². The predicted octanol–water partition coefficient (Wildman–Crippen LogP) is 2.04. The van der Waals surface area contributed by atoms with E-state index in [1.54, 1.807) is 17.0 Å². The molecule has 1 aliphatic rings. The zero-order valence-electron chi connectivity index (χ0n) is 11.8. The molecule has 2 rings (SSSR count). The van der Waals surface area contributed by atoms with Gasteiger partial charge >= 0.3 is 11.8 Å². The van der Waals surface area contributed by atoms with Gasteiger partial charge < -0.3 is 15.3 Å². The molecule has 5 heteroatoms. The highest BCUT2D eigenvalue weighted by Gasteiger charge is 2.28.